The Labute approximate surface area is 172 Å². The standard InChI is InChI=1S/C24H32N2O3/c27-18-6-5-16-13-19-24(28)8-7-17(25-10-1-2-11-25)22-23(24,20(16)21(18)29-22)9-12-26(19)14-15-3-4-15/h5-6,15,17,19,22,27-28H,1-4,7-14H2/t17-,19-,22+,23+,24?/m1/s1. The van der Waals surface area contributed by atoms with Gasteiger partial charge in [-0.2, -0.15) is 0 Å². The van der Waals surface area contributed by atoms with Gasteiger partial charge < -0.3 is 14.9 Å². The van der Waals surface area contributed by atoms with Gasteiger partial charge in [-0.05, 0) is 88.5 Å². The summed E-state index contributed by atoms with van der Waals surface area (Å²) in [7, 11) is 0. The lowest BCUT2D eigenvalue weighted by atomic mass is 9.48. The maximum atomic E-state index is 12.4. The lowest BCUT2D eigenvalue weighted by Crippen LogP contribution is -2.78. The molecule has 2 bridgehead atoms. The van der Waals surface area contributed by atoms with Gasteiger partial charge >= 0.3 is 0 Å². The van der Waals surface area contributed by atoms with E-state index in [1.807, 2.05) is 6.07 Å². The van der Waals surface area contributed by atoms with Crippen LogP contribution < -0.4 is 4.74 Å². The van der Waals surface area contributed by atoms with Gasteiger partial charge in [0.25, 0.3) is 0 Å². The molecule has 0 radical (unpaired) electrons. The fraction of sp³-hybridized carbons (Fsp3) is 0.750. The molecular weight excluding hydrogens is 364 g/mol. The van der Waals surface area contributed by atoms with Crippen LogP contribution in [0.2, 0.25) is 0 Å². The number of hydrogen-bond acceptors (Lipinski definition) is 5. The summed E-state index contributed by atoms with van der Waals surface area (Å²) in [5.41, 5.74) is 1.37. The van der Waals surface area contributed by atoms with Crippen molar-refractivity contribution >= 4 is 0 Å². The fourth-order valence-corrected chi connectivity index (χ4v) is 7.90. The van der Waals surface area contributed by atoms with Gasteiger partial charge in [0.05, 0.1) is 11.0 Å². The first kappa shape index (κ1) is 17.4. The lowest BCUT2D eigenvalue weighted by molar-refractivity contribution is -0.199. The topological polar surface area (TPSA) is 56.2 Å². The quantitative estimate of drug-likeness (QED) is 0.822. The average Bonchev–Trinajstić information content (AvgIpc) is 3.22. The molecule has 3 heterocycles. The number of nitrogens with zero attached hydrogens (tertiary/aromatic N) is 2. The molecule has 2 saturated heterocycles. The van der Waals surface area contributed by atoms with Crippen LogP contribution in [0.3, 0.4) is 0 Å². The molecule has 156 valence electrons. The third kappa shape index (κ3) is 2.07. The normalized spacial score (nSPS) is 43.3. The summed E-state index contributed by atoms with van der Waals surface area (Å²) in [4.78, 5) is 5.23. The summed E-state index contributed by atoms with van der Waals surface area (Å²) in [5.74, 6) is 1.78. The first-order chi connectivity index (χ1) is 14.1. The Bertz CT molecular complexity index is 864. The monoisotopic (exact) mass is 396 g/mol. The number of piperidine rings is 1. The molecule has 2 saturated carbocycles. The minimum absolute atomic E-state index is 0.0349. The van der Waals surface area contributed by atoms with E-state index in [1.165, 1.54) is 31.2 Å². The Morgan fingerprint density at radius 2 is 1.90 bits per heavy atom. The lowest BCUT2D eigenvalue weighted by Gasteiger charge is -2.64. The minimum Gasteiger partial charge on any atom is -0.504 e. The highest BCUT2D eigenvalue weighted by Crippen LogP contribution is 2.66. The molecule has 29 heavy (non-hydrogen) atoms. The third-order valence-corrected chi connectivity index (χ3v) is 9.34. The fourth-order valence-electron chi connectivity index (χ4n) is 7.90. The first-order valence-corrected chi connectivity index (χ1v) is 11.8. The van der Waals surface area contributed by atoms with Gasteiger partial charge in [0, 0.05) is 24.2 Å². The zero-order chi connectivity index (χ0) is 19.4. The van der Waals surface area contributed by atoms with Crippen LogP contribution in [-0.4, -0.2) is 70.0 Å². The van der Waals surface area contributed by atoms with E-state index >= 15 is 0 Å². The Balaban J connectivity index is 1.39. The number of hydrogen-bond donors (Lipinski definition) is 2. The van der Waals surface area contributed by atoms with Crippen LogP contribution in [0.1, 0.15) is 56.1 Å². The van der Waals surface area contributed by atoms with E-state index in [9.17, 15) is 10.2 Å². The van der Waals surface area contributed by atoms with E-state index in [0.29, 0.717) is 11.8 Å². The molecule has 5 nitrogen and oxygen atoms in total. The maximum Gasteiger partial charge on any atom is 0.165 e. The van der Waals surface area contributed by atoms with Crippen molar-refractivity contribution in [1.29, 1.82) is 0 Å². The highest BCUT2D eigenvalue weighted by Gasteiger charge is 2.73. The van der Waals surface area contributed by atoms with Gasteiger partial charge in [0.15, 0.2) is 11.5 Å². The van der Waals surface area contributed by atoms with Crippen LogP contribution in [0.4, 0.5) is 0 Å². The van der Waals surface area contributed by atoms with E-state index in [4.69, 9.17) is 4.74 Å². The Morgan fingerprint density at radius 3 is 2.69 bits per heavy atom. The molecule has 1 aromatic carbocycles. The second kappa shape index (κ2) is 5.68. The van der Waals surface area contributed by atoms with Crippen LogP contribution in [0.15, 0.2) is 12.1 Å². The summed E-state index contributed by atoms with van der Waals surface area (Å²) >= 11 is 0. The molecule has 2 N–H and O–H groups in total. The van der Waals surface area contributed by atoms with E-state index in [2.05, 4.69) is 15.9 Å². The molecule has 5 atom stereocenters. The van der Waals surface area contributed by atoms with Gasteiger partial charge in [-0.25, -0.2) is 0 Å². The molecule has 3 aliphatic heterocycles. The van der Waals surface area contributed by atoms with Gasteiger partial charge in [-0.3, -0.25) is 9.80 Å². The second-order valence-electron chi connectivity index (χ2n) is 10.6. The van der Waals surface area contributed by atoms with E-state index in [1.54, 1.807) is 0 Å². The maximum absolute atomic E-state index is 12.4. The molecule has 0 aromatic heterocycles. The number of phenols is 1. The first-order valence-electron chi connectivity index (χ1n) is 11.8. The summed E-state index contributed by atoms with van der Waals surface area (Å²) in [6.07, 6.45) is 8.89. The number of aromatic hydroxyl groups is 1. The van der Waals surface area contributed by atoms with Gasteiger partial charge in [0.2, 0.25) is 0 Å². The van der Waals surface area contributed by atoms with E-state index in [-0.39, 0.29) is 23.3 Å². The molecule has 1 aromatic rings. The SMILES string of the molecule is Oc1ccc2c3c1O[C@H]1[C@H](N4CCCC4)CCC4(O)[C@@H](C2)N(CC2CC2)CC[C@]314. The second-order valence-corrected chi connectivity index (χ2v) is 10.6. The van der Waals surface area contributed by atoms with Crippen molar-refractivity contribution in [1.82, 2.24) is 9.80 Å². The number of ether oxygens (including phenoxy) is 1. The van der Waals surface area contributed by atoms with Crippen molar-refractivity contribution in [3.8, 4) is 11.5 Å². The number of aliphatic hydroxyl groups is 1. The van der Waals surface area contributed by atoms with Crippen molar-refractivity contribution in [2.24, 2.45) is 5.92 Å². The zero-order valence-corrected chi connectivity index (χ0v) is 17.1. The Morgan fingerprint density at radius 1 is 1.07 bits per heavy atom. The molecule has 5 heteroatoms. The molecule has 1 unspecified atom stereocenters. The minimum atomic E-state index is -0.743. The molecular formula is C24H32N2O3. The predicted molar refractivity (Wildman–Crippen MR) is 109 cm³/mol. The molecule has 3 aliphatic carbocycles. The number of likely N-dealkylation sites (tertiary alicyclic amines) is 2. The summed E-state index contributed by atoms with van der Waals surface area (Å²) in [5, 5.41) is 23.1. The van der Waals surface area contributed by atoms with Gasteiger partial charge in [0.1, 0.15) is 6.10 Å². The Hall–Kier alpha value is -1.30. The van der Waals surface area contributed by atoms with Gasteiger partial charge in [-0.15, -0.1) is 0 Å². The van der Waals surface area contributed by atoms with Gasteiger partial charge in [-0.1, -0.05) is 6.07 Å². The van der Waals surface area contributed by atoms with Crippen molar-refractivity contribution < 1.29 is 14.9 Å². The van der Waals surface area contributed by atoms with Crippen molar-refractivity contribution in [2.45, 2.75) is 80.6 Å². The van der Waals surface area contributed by atoms with E-state index in [0.717, 1.165) is 63.3 Å². The number of phenolic OH excluding ortho intramolecular Hbond substituents is 1. The molecule has 0 amide bonds. The van der Waals surface area contributed by atoms with Crippen LogP contribution in [0, 0.1) is 5.92 Å². The Kier molecular flexibility index (Phi) is 3.41. The highest BCUT2D eigenvalue weighted by atomic mass is 16.5. The highest BCUT2D eigenvalue weighted by molar-refractivity contribution is 5.62. The van der Waals surface area contributed by atoms with Crippen molar-refractivity contribution in [2.75, 3.05) is 26.2 Å². The summed E-state index contributed by atoms with van der Waals surface area (Å²) < 4.78 is 6.66. The van der Waals surface area contributed by atoms with Crippen LogP contribution in [0.5, 0.6) is 11.5 Å². The zero-order valence-electron chi connectivity index (χ0n) is 17.1. The predicted octanol–water partition coefficient (Wildman–Crippen LogP) is 2.42. The molecule has 6 aliphatic rings. The number of benzene rings is 1. The molecule has 7 rings (SSSR count). The van der Waals surface area contributed by atoms with Crippen LogP contribution in [0.25, 0.3) is 0 Å². The average molecular weight is 397 g/mol. The summed E-state index contributed by atoms with van der Waals surface area (Å²) in [6, 6.07) is 4.46. The third-order valence-electron chi connectivity index (χ3n) is 9.34. The largest absolute Gasteiger partial charge is 0.504 e. The molecule has 4 fully saturated rings. The smallest absolute Gasteiger partial charge is 0.165 e. The molecule has 1 spiro atoms. The van der Waals surface area contributed by atoms with E-state index < -0.39 is 5.60 Å². The number of rotatable bonds is 3. The van der Waals surface area contributed by atoms with Crippen molar-refractivity contribution in [3.05, 3.63) is 23.3 Å². The van der Waals surface area contributed by atoms with Crippen LogP contribution in [-0.2, 0) is 11.8 Å². The van der Waals surface area contributed by atoms with Crippen LogP contribution >= 0.6 is 0 Å². The van der Waals surface area contributed by atoms with Crippen molar-refractivity contribution in [3.63, 3.8) is 0 Å². The summed E-state index contributed by atoms with van der Waals surface area (Å²) in [6.45, 7) is 4.48.